The second kappa shape index (κ2) is 5.66. The van der Waals surface area contributed by atoms with Crippen molar-refractivity contribution in [2.45, 2.75) is 13.0 Å². The van der Waals surface area contributed by atoms with Crippen LogP contribution in [-0.2, 0) is 0 Å². The molecule has 1 saturated heterocycles. The van der Waals surface area contributed by atoms with Crippen molar-refractivity contribution in [3.05, 3.63) is 24.3 Å². The van der Waals surface area contributed by atoms with E-state index in [1.165, 1.54) is 0 Å². The summed E-state index contributed by atoms with van der Waals surface area (Å²) in [5, 5.41) is 18.8. The van der Waals surface area contributed by atoms with E-state index in [0.29, 0.717) is 13.2 Å². The first-order valence-corrected chi connectivity index (χ1v) is 6.78. The summed E-state index contributed by atoms with van der Waals surface area (Å²) in [7, 11) is 0. The molecule has 3 rings (SSSR count). The molecule has 108 valence electrons. The molecule has 0 aromatic heterocycles. The third kappa shape index (κ3) is 2.69. The van der Waals surface area contributed by atoms with Gasteiger partial charge in [-0.1, -0.05) is 0 Å². The quantitative estimate of drug-likeness (QED) is 0.715. The number of nitrogens with one attached hydrogen (secondary N) is 2. The van der Waals surface area contributed by atoms with Crippen molar-refractivity contribution < 1.29 is 5.11 Å². The second-order valence-electron chi connectivity index (χ2n) is 5.00. The van der Waals surface area contributed by atoms with E-state index in [4.69, 9.17) is 0 Å². The fraction of sp³-hybridized carbons (Fsp3) is 0.462. The highest BCUT2D eigenvalue weighted by atomic mass is 16.3. The highest BCUT2D eigenvalue weighted by Crippen LogP contribution is 2.23. The Hall–Kier alpha value is -1.83. The molecule has 0 saturated carbocycles. The molecule has 0 amide bonds. The van der Waals surface area contributed by atoms with Gasteiger partial charge in [-0.15, -0.1) is 0 Å². The van der Waals surface area contributed by atoms with Gasteiger partial charge in [0.15, 0.2) is 0 Å². The summed E-state index contributed by atoms with van der Waals surface area (Å²) >= 11 is 0. The van der Waals surface area contributed by atoms with E-state index in [1.54, 1.807) is 13.3 Å². The lowest BCUT2D eigenvalue weighted by Gasteiger charge is -2.30. The van der Waals surface area contributed by atoms with Crippen molar-refractivity contribution in [2.75, 3.05) is 36.6 Å². The molecule has 2 heterocycles. The van der Waals surface area contributed by atoms with Gasteiger partial charge in [0.1, 0.15) is 13.0 Å². The number of nitrogens with zero attached hydrogens (tertiary/aromatic N) is 4. The number of rotatable bonds is 4. The van der Waals surface area contributed by atoms with E-state index in [9.17, 15) is 5.11 Å². The molecular weight excluding hydrogens is 256 g/mol. The molecule has 1 atom stereocenters. The van der Waals surface area contributed by atoms with E-state index < -0.39 is 0 Å². The molecule has 1 unspecified atom stereocenters. The Morgan fingerprint density at radius 2 is 2.05 bits per heavy atom. The first-order valence-electron chi connectivity index (χ1n) is 6.78. The van der Waals surface area contributed by atoms with E-state index >= 15 is 0 Å². The first kappa shape index (κ1) is 13.2. The largest absolute Gasteiger partial charge is 0.391 e. The Labute approximate surface area is 118 Å². The van der Waals surface area contributed by atoms with E-state index in [0.717, 1.165) is 24.7 Å². The van der Waals surface area contributed by atoms with Crippen LogP contribution in [0.5, 0.6) is 0 Å². The van der Waals surface area contributed by atoms with Crippen LogP contribution in [0.25, 0.3) is 0 Å². The SMILES string of the molecule is CC(O)CN1C=NCN1c1ccc(N2CNCN2)cc1. The molecule has 0 bridgehead atoms. The van der Waals surface area contributed by atoms with Crippen LogP contribution >= 0.6 is 0 Å². The first-order chi connectivity index (χ1) is 9.74. The van der Waals surface area contributed by atoms with Crippen molar-refractivity contribution in [1.29, 1.82) is 0 Å². The van der Waals surface area contributed by atoms with E-state index in [2.05, 4.69) is 45.0 Å². The zero-order valence-corrected chi connectivity index (χ0v) is 11.5. The fourth-order valence-electron chi connectivity index (χ4n) is 2.36. The number of hydrazine groups is 2. The summed E-state index contributed by atoms with van der Waals surface area (Å²) in [6.07, 6.45) is 1.38. The van der Waals surface area contributed by atoms with Gasteiger partial charge in [0.2, 0.25) is 0 Å². The third-order valence-electron chi connectivity index (χ3n) is 3.32. The number of benzene rings is 1. The summed E-state index contributed by atoms with van der Waals surface area (Å²) < 4.78 is 0. The third-order valence-corrected chi connectivity index (χ3v) is 3.32. The molecule has 2 aliphatic heterocycles. The predicted molar refractivity (Wildman–Crippen MR) is 79.2 cm³/mol. The van der Waals surface area contributed by atoms with Crippen LogP contribution < -0.4 is 20.8 Å². The molecule has 1 fully saturated rings. The molecular formula is C13H20N6O. The Morgan fingerprint density at radius 3 is 2.70 bits per heavy atom. The Kier molecular flexibility index (Phi) is 3.72. The number of hydrogen-bond donors (Lipinski definition) is 3. The van der Waals surface area contributed by atoms with Gasteiger partial charge in [0, 0.05) is 0 Å². The van der Waals surface area contributed by atoms with Crippen LogP contribution in [0.1, 0.15) is 6.92 Å². The molecule has 1 aromatic rings. The normalized spacial score (nSPS) is 20.0. The maximum Gasteiger partial charge on any atom is 0.131 e. The number of aliphatic imine (C=N–C) groups is 1. The Morgan fingerprint density at radius 1 is 1.30 bits per heavy atom. The lowest BCUT2D eigenvalue weighted by Crippen LogP contribution is -2.41. The standard InChI is InChI=1S/C13H20N6O/c1-11(20)6-17-8-15-10-19(17)13-4-2-12(3-5-13)18-9-14-7-16-18/h2-5,8,11,14,16,20H,6-7,9-10H2,1H3. The average Bonchev–Trinajstić information content (AvgIpc) is 3.09. The minimum absolute atomic E-state index is 0.388. The van der Waals surface area contributed by atoms with Gasteiger partial charge in [0.05, 0.1) is 37.4 Å². The Balaban J connectivity index is 1.70. The van der Waals surface area contributed by atoms with Crippen molar-refractivity contribution in [2.24, 2.45) is 4.99 Å². The van der Waals surface area contributed by atoms with Gasteiger partial charge < -0.3 is 5.11 Å². The maximum absolute atomic E-state index is 9.51. The lowest BCUT2D eigenvalue weighted by atomic mass is 10.2. The molecule has 7 heteroatoms. The molecule has 1 aromatic carbocycles. The lowest BCUT2D eigenvalue weighted by molar-refractivity contribution is 0.160. The van der Waals surface area contributed by atoms with Gasteiger partial charge in [-0.25, -0.2) is 5.43 Å². The minimum atomic E-state index is -0.388. The summed E-state index contributed by atoms with van der Waals surface area (Å²) in [5.41, 5.74) is 5.43. The summed E-state index contributed by atoms with van der Waals surface area (Å²) in [4.78, 5) is 4.26. The average molecular weight is 276 g/mol. The van der Waals surface area contributed by atoms with Crippen molar-refractivity contribution in [3.63, 3.8) is 0 Å². The topological polar surface area (TPSA) is 66.4 Å². The summed E-state index contributed by atoms with van der Waals surface area (Å²) in [6, 6.07) is 8.29. The highest BCUT2D eigenvalue weighted by Gasteiger charge is 2.19. The van der Waals surface area contributed by atoms with Gasteiger partial charge in [0.25, 0.3) is 0 Å². The van der Waals surface area contributed by atoms with Crippen LogP contribution in [0.4, 0.5) is 11.4 Å². The van der Waals surface area contributed by atoms with Gasteiger partial charge in [-0.2, -0.15) is 0 Å². The molecule has 7 nitrogen and oxygen atoms in total. The van der Waals surface area contributed by atoms with Crippen LogP contribution in [-0.4, -0.2) is 49.1 Å². The molecule has 2 aliphatic rings. The van der Waals surface area contributed by atoms with Gasteiger partial charge in [-0.05, 0) is 31.2 Å². The van der Waals surface area contributed by atoms with Crippen molar-refractivity contribution in [1.82, 2.24) is 15.8 Å². The predicted octanol–water partition coefficient (Wildman–Crippen LogP) is -0.0806. The zero-order chi connectivity index (χ0) is 13.9. The van der Waals surface area contributed by atoms with Crippen LogP contribution in [0, 0.1) is 0 Å². The second-order valence-corrected chi connectivity index (χ2v) is 5.00. The number of hydrogen-bond acceptors (Lipinski definition) is 7. The molecule has 3 N–H and O–H groups in total. The molecule has 0 aliphatic carbocycles. The monoisotopic (exact) mass is 276 g/mol. The van der Waals surface area contributed by atoms with E-state index in [1.807, 2.05) is 10.0 Å². The zero-order valence-electron chi connectivity index (χ0n) is 11.5. The summed E-state index contributed by atoms with van der Waals surface area (Å²) in [5.74, 6) is 0. The van der Waals surface area contributed by atoms with Gasteiger partial charge in [-0.3, -0.25) is 25.3 Å². The van der Waals surface area contributed by atoms with Crippen LogP contribution in [0.2, 0.25) is 0 Å². The van der Waals surface area contributed by atoms with E-state index in [-0.39, 0.29) is 6.10 Å². The minimum Gasteiger partial charge on any atom is -0.391 e. The number of aliphatic hydroxyl groups is 1. The number of anilines is 2. The number of β-amino-alcohol motifs (C(OH)–C–C–N with tert-alkyl or cyclic N) is 1. The smallest absolute Gasteiger partial charge is 0.131 e. The fourth-order valence-corrected chi connectivity index (χ4v) is 2.36. The van der Waals surface area contributed by atoms with Gasteiger partial charge >= 0.3 is 0 Å². The maximum atomic E-state index is 9.51. The van der Waals surface area contributed by atoms with Crippen LogP contribution in [0.3, 0.4) is 0 Å². The molecule has 20 heavy (non-hydrogen) atoms. The van der Waals surface area contributed by atoms with Crippen molar-refractivity contribution >= 4 is 17.7 Å². The number of aliphatic hydroxyl groups excluding tert-OH is 1. The Bertz CT molecular complexity index is 468. The summed E-state index contributed by atoms with van der Waals surface area (Å²) in [6.45, 7) is 4.52. The molecule has 0 radical (unpaired) electrons. The van der Waals surface area contributed by atoms with Crippen molar-refractivity contribution in [3.8, 4) is 0 Å². The molecule has 0 spiro atoms. The van der Waals surface area contributed by atoms with Crippen LogP contribution in [0.15, 0.2) is 29.3 Å². The highest BCUT2D eigenvalue weighted by molar-refractivity contribution is 5.65.